The van der Waals surface area contributed by atoms with Crippen molar-refractivity contribution < 1.29 is 24.1 Å². The number of carbonyl (C=O) groups is 1. The van der Waals surface area contributed by atoms with Crippen LogP contribution in [0.25, 0.3) is 0 Å². The highest BCUT2D eigenvalue weighted by molar-refractivity contribution is 7.98. The number of hydrogen-bond donors (Lipinski definition) is 2. The van der Waals surface area contributed by atoms with E-state index in [0.29, 0.717) is 35.7 Å². The van der Waals surface area contributed by atoms with Gasteiger partial charge in [-0.2, -0.15) is 0 Å². The zero-order valence-corrected chi connectivity index (χ0v) is 17.8. The summed E-state index contributed by atoms with van der Waals surface area (Å²) in [5.41, 5.74) is 1.91. The SMILES string of the molecule is CCCCOc1cc(CSc2ccc(F)cc2)c(C(=O)O)c(O)c1CC=C(C)C. The molecule has 0 aromatic heterocycles. The standard InChI is InChI=1S/C23H27FO4S/c1-4-5-12-28-20-13-16(14-29-18-9-7-17(24)8-10-18)21(23(26)27)22(25)19(20)11-6-15(2)3/h6-10,13,25H,4-5,11-12,14H2,1-3H3,(H,26,27). The minimum atomic E-state index is -1.18. The predicted molar refractivity (Wildman–Crippen MR) is 115 cm³/mol. The lowest BCUT2D eigenvalue weighted by molar-refractivity contribution is 0.0692. The molecule has 29 heavy (non-hydrogen) atoms. The summed E-state index contributed by atoms with van der Waals surface area (Å²) in [5, 5.41) is 20.5. The van der Waals surface area contributed by atoms with Gasteiger partial charge in [0.05, 0.1) is 6.61 Å². The maximum absolute atomic E-state index is 13.1. The number of hydrogen-bond acceptors (Lipinski definition) is 4. The van der Waals surface area contributed by atoms with Crippen LogP contribution in [-0.4, -0.2) is 22.8 Å². The molecule has 0 saturated heterocycles. The molecule has 2 aromatic carbocycles. The number of thioether (sulfide) groups is 1. The van der Waals surface area contributed by atoms with Crippen LogP contribution in [0.1, 0.15) is 55.1 Å². The van der Waals surface area contributed by atoms with Crippen LogP contribution < -0.4 is 4.74 Å². The molecule has 0 saturated carbocycles. The van der Waals surface area contributed by atoms with Gasteiger partial charge in [0, 0.05) is 16.2 Å². The maximum Gasteiger partial charge on any atom is 0.339 e. The van der Waals surface area contributed by atoms with Crippen molar-refractivity contribution in [3.8, 4) is 11.5 Å². The molecule has 6 heteroatoms. The molecule has 0 aliphatic carbocycles. The Morgan fingerprint density at radius 1 is 1.24 bits per heavy atom. The molecular weight excluding hydrogens is 391 g/mol. The third-order valence-electron chi connectivity index (χ3n) is 4.34. The van der Waals surface area contributed by atoms with Crippen LogP contribution in [0.3, 0.4) is 0 Å². The van der Waals surface area contributed by atoms with Gasteiger partial charge >= 0.3 is 5.97 Å². The number of halogens is 1. The fourth-order valence-corrected chi connectivity index (χ4v) is 3.62. The molecule has 0 amide bonds. The Morgan fingerprint density at radius 3 is 2.52 bits per heavy atom. The molecule has 2 rings (SSSR count). The van der Waals surface area contributed by atoms with E-state index in [9.17, 15) is 19.4 Å². The van der Waals surface area contributed by atoms with E-state index in [1.54, 1.807) is 18.2 Å². The van der Waals surface area contributed by atoms with Gasteiger partial charge in [-0.1, -0.05) is 25.0 Å². The first-order chi connectivity index (χ1) is 13.8. The number of benzene rings is 2. The Bertz CT molecular complexity index is 871. The quantitative estimate of drug-likeness (QED) is 0.273. The fourth-order valence-electron chi connectivity index (χ4n) is 2.74. The van der Waals surface area contributed by atoms with Crippen LogP contribution in [-0.2, 0) is 12.2 Å². The minimum absolute atomic E-state index is 0.111. The molecule has 0 bridgehead atoms. The number of carboxylic acid groups (broad SMARTS) is 1. The highest BCUT2D eigenvalue weighted by atomic mass is 32.2. The van der Waals surface area contributed by atoms with Gasteiger partial charge in [0.15, 0.2) is 0 Å². The number of rotatable bonds is 10. The van der Waals surface area contributed by atoms with Gasteiger partial charge in [0.1, 0.15) is 22.9 Å². The largest absolute Gasteiger partial charge is 0.507 e. The van der Waals surface area contributed by atoms with Crippen molar-refractivity contribution >= 4 is 17.7 Å². The van der Waals surface area contributed by atoms with Crippen LogP contribution in [0.4, 0.5) is 4.39 Å². The Morgan fingerprint density at radius 2 is 1.93 bits per heavy atom. The van der Waals surface area contributed by atoms with E-state index in [1.807, 2.05) is 19.9 Å². The first-order valence-electron chi connectivity index (χ1n) is 9.59. The minimum Gasteiger partial charge on any atom is -0.507 e. The van der Waals surface area contributed by atoms with Gasteiger partial charge in [-0.3, -0.25) is 0 Å². The van der Waals surface area contributed by atoms with E-state index in [2.05, 4.69) is 6.92 Å². The lowest BCUT2D eigenvalue weighted by atomic mass is 9.99. The summed E-state index contributed by atoms with van der Waals surface area (Å²) < 4.78 is 19.0. The van der Waals surface area contributed by atoms with Gasteiger partial charge in [-0.25, -0.2) is 9.18 Å². The van der Waals surface area contributed by atoms with E-state index < -0.39 is 5.97 Å². The molecule has 0 radical (unpaired) electrons. The van der Waals surface area contributed by atoms with Gasteiger partial charge < -0.3 is 14.9 Å². The Hall–Kier alpha value is -2.47. The van der Waals surface area contributed by atoms with Crippen LogP contribution in [0.15, 0.2) is 46.9 Å². The average Bonchev–Trinajstić information content (AvgIpc) is 2.66. The highest BCUT2D eigenvalue weighted by Crippen LogP contribution is 2.38. The van der Waals surface area contributed by atoms with Crippen LogP contribution >= 0.6 is 11.8 Å². The van der Waals surface area contributed by atoms with Crippen LogP contribution in [0.5, 0.6) is 11.5 Å². The topological polar surface area (TPSA) is 66.8 Å². The molecule has 0 unspecified atom stereocenters. The second kappa shape index (κ2) is 10.9. The second-order valence-corrected chi connectivity index (χ2v) is 8.02. The van der Waals surface area contributed by atoms with Crippen molar-refractivity contribution in [3.63, 3.8) is 0 Å². The Kier molecular flexibility index (Phi) is 8.58. The molecule has 0 heterocycles. The number of unbranched alkanes of at least 4 members (excludes halogenated alkanes) is 1. The molecule has 156 valence electrons. The fraction of sp³-hybridized carbons (Fsp3) is 0.348. The van der Waals surface area contributed by atoms with Crippen LogP contribution in [0.2, 0.25) is 0 Å². The van der Waals surface area contributed by atoms with Crippen molar-refractivity contribution in [1.29, 1.82) is 0 Å². The summed E-state index contributed by atoms with van der Waals surface area (Å²) in [6.07, 6.45) is 4.15. The molecule has 0 aliphatic heterocycles. The molecule has 4 nitrogen and oxygen atoms in total. The lowest BCUT2D eigenvalue weighted by Crippen LogP contribution is -2.08. The van der Waals surface area contributed by atoms with Crippen molar-refractivity contribution in [2.45, 2.75) is 50.7 Å². The van der Waals surface area contributed by atoms with Gasteiger partial charge in [-0.05, 0) is 62.6 Å². The molecule has 0 spiro atoms. The molecule has 0 atom stereocenters. The molecule has 2 N–H and O–H groups in total. The van der Waals surface area contributed by atoms with Crippen molar-refractivity contribution in [3.05, 3.63) is 64.5 Å². The van der Waals surface area contributed by atoms with E-state index in [1.165, 1.54) is 23.9 Å². The van der Waals surface area contributed by atoms with Gasteiger partial charge in [0.25, 0.3) is 0 Å². The second-order valence-electron chi connectivity index (χ2n) is 6.97. The summed E-state index contributed by atoms with van der Waals surface area (Å²) in [5.74, 6) is -0.940. The van der Waals surface area contributed by atoms with E-state index in [-0.39, 0.29) is 17.1 Å². The first-order valence-corrected chi connectivity index (χ1v) is 10.6. The third kappa shape index (κ3) is 6.53. The molecule has 2 aromatic rings. The summed E-state index contributed by atoms with van der Waals surface area (Å²) in [6.45, 7) is 6.44. The number of ether oxygens (including phenoxy) is 1. The number of aromatic carboxylic acids is 1. The number of aromatic hydroxyl groups is 1. The zero-order valence-electron chi connectivity index (χ0n) is 17.0. The summed E-state index contributed by atoms with van der Waals surface area (Å²) >= 11 is 1.38. The zero-order chi connectivity index (χ0) is 21.4. The first kappa shape index (κ1) is 22.8. The predicted octanol–water partition coefficient (Wildman–Crippen LogP) is 6.21. The summed E-state index contributed by atoms with van der Waals surface area (Å²) in [4.78, 5) is 12.7. The number of carboxylic acids is 1. The smallest absolute Gasteiger partial charge is 0.339 e. The molecule has 0 aliphatic rings. The Balaban J connectivity index is 2.42. The van der Waals surface area contributed by atoms with E-state index in [0.717, 1.165) is 23.3 Å². The molecule has 0 fully saturated rings. The molecular formula is C23H27FO4S. The van der Waals surface area contributed by atoms with E-state index >= 15 is 0 Å². The number of phenols is 1. The van der Waals surface area contributed by atoms with Gasteiger partial charge in [-0.15, -0.1) is 11.8 Å². The average molecular weight is 419 g/mol. The lowest BCUT2D eigenvalue weighted by Gasteiger charge is -2.17. The maximum atomic E-state index is 13.1. The normalized spacial score (nSPS) is 10.6. The van der Waals surface area contributed by atoms with Crippen LogP contribution in [0, 0.1) is 5.82 Å². The Labute approximate surface area is 175 Å². The number of allylic oxidation sites excluding steroid dienone is 2. The monoisotopic (exact) mass is 418 g/mol. The van der Waals surface area contributed by atoms with Crippen molar-refractivity contribution in [2.24, 2.45) is 0 Å². The van der Waals surface area contributed by atoms with E-state index in [4.69, 9.17) is 4.74 Å². The van der Waals surface area contributed by atoms with Gasteiger partial charge in [0.2, 0.25) is 0 Å². The summed E-state index contributed by atoms with van der Waals surface area (Å²) in [6, 6.07) is 7.72. The van der Waals surface area contributed by atoms with Crippen molar-refractivity contribution in [2.75, 3.05) is 6.61 Å². The highest BCUT2D eigenvalue weighted by Gasteiger charge is 2.23. The van der Waals surface area contributed by atoms with Crippen molar-refractivity contribution in [1.82, 2.24) is 0 Å². The summed E-state index contributed by atoms with van der Waals surface area (Å²) in [7, 11) is 0. The third-order valence-corrected chi connectivity index (χ3v) is 5.40.